The fourth-order valence-corrected chi connectivity index (χ4v) is 3.62. The van der Waals surface area contributed by atoms with Crippen LogP contribution in [0.25, 0.3) is 6.08 Å². The number of halogens is 2. The zero-order valence-corrected chi connectivity index (χ0v) is 15.7. The highest BCUT2D eigenvalue weighted by atomic mass is 32.2. The number of carbonyl (C=O) groups excluding carboxylic acids is 1. The highest BCUT2D eigenvalue weighted by Crippen LogP contribution is 2.35. The first-order chi connectivity index (χ1) is 13.0. The van der Waals surface area contributed by atoms with Gasteiger partial charge in [-0.2, -0.15) is 0 Å². The molecule has 7 heteroatoms. The van der Waals surface area contributed by atoms with Crippen LogP contribution in [0.4, 0.5) is 14.5 Å². The summed E-state index contributed by atoms with van der Waals surface area (Å²) in [6.07, 6.45) is 1.74. The average molecular weight is 388 g/mol. The van der Waals surface area contributed by atoms with E-state index in [4.69, 9.17) is 4.74 Å². The normalized spacial score (nSPS) is 17.2. The Kier molecular flexibility index (Phi) is 5.91. The number of aliphatic imine (C=N–C) groups is 1. The maximum absolute atomic E-state index is 13.9. The number of hydrogen-bond donors (Lipinski definition) is 0. The lowest BCUT2D eigenvalue weighted by Crippen LogP contribution is -2.28. The van der Waals surface area contributed by atoms with Gasteiger partial charge in [0.1, 0.15) is 17.3 Å². The molecule has 0 aromatic heterocycles. The molecule has 27 heavy (non-hydrogen) atoms. The van der Waals surface area contributed by atoms with Crippen LogP contribution in [0.2, 0.25) is 0 Å². The van der Waals surface area contributed by atoms with E-state index in [2.05, 4.69) is 4.99 Å². The van der Waals surface area contributed by atoms with Gasteiger partial charge in [-0.3, -0.25) is 9.69 Å². The largest absolute Gasteiger partial charge is 0.493 e. The minimum atomic E-state index is -0.772. The minimum Gasteiger partial charge on any atom is -0.493 e. The molecule has 140 valence electrons. The molecule has 2 aromatic carbocycles. The molecular weight excluding hydrogens is 370 g/mol. The number of thioether (sulfide) groups is 1. The van der Waals surface area contributed by atoms with Crippen molar-refractivity contribution in [2.75, 3.05) is 13.2 Å². The summed E-state index contributed by atoms with van der Waals surface area (Å²) < 4.78 is 32.6. The molecule has 3 rings (SSSR count). The molecule has 0 unspecified atom stereocenters. The van der Waals surface area contributed by atoms with E-state index in [1.54, 1.807) is 6.08 Å². The number of carbonyl (C=O) groups is 1. The number of ether oxygens (including phenoxy) is 1. The Balaban J connectivity index is 1.96. The van der Waals surface area contributed by atoms with Crippen LogP contribution in [-0.4, -0.2) is 29.1 Å². The summed E-state index contributed by atoms with van der Waals surface area (Å²) in [7, 11) is 0. The molecule has 0 bridgehead atoms. The van der Waals surface area contributed by atoms with Gasteiger partial charge in [0.05, 0.1) is 11.5 Å². The highest BCUT2D eigenvalue weighted by Gasteiger charge is 2.32. The van der Waals surface area contributed by atoms with Crippen molar-refractivity contribution in [2.24, 2.45) is 4.99 Å². The average Bonchev–Trinajstić information content (AvgIpc) is 2.94. The topological polar surface area (TPSA) is 41.9 Å². The molecule has 1 fully saturated rings. The number of likely N-dealkylation sites (N-methyl/N-ethyl adjacent to an activating group) is 1. The third kappa shape index (κ3) is 4.19. The van der Waals surface area contributed by atoms with Gasteiger partial charge < -0.3 is 4.74 Å². The molecule has 1 heterocycles. The fourth-order valence-electron chi connectivity index (χ4n) is 2.57. The Morgan fingerprint density at radius 3 is 2.67 bits per heavy atom. The van der Waals surface area contributed by atoms with Crippen molar-refractivity contribution in [1.82, 2.24) is 4.90 Å². The second-order valence-corrected chi connectivity index (χ2v) is 6.63. The Morgan fingerprint density at radius 2 is 1.96 bits per heavy atom. The lowest BCUT2D eigenvalue weighted by Gasteiger charge is -2.12. The summed E-state index contributed by atoms with van der Waals surface area (Å²) >= 11 is 1.15. The number of amides is 1. The third-order valence-electron chi connectivity index (χ3n) is 3.84. The van der Waals surface area contributed by atoms with Gasteiger partial charge in [-0.05, 0) is 49.9 Å². The molecule has 1 aliphatic rings. The van der Waals surface area contributed by atoms with E-state index < -0.39 is 11.6 Å². The molecule has 1 saturated heterocycles. The van der Waals surface area contributed by atoms with Gasteiger partial charge in [0.2, 0.25) is 0 Å². The van der Waals surface area contributed by atoms with Crippen LogP contribution in [0, 0.1) is 11.6 Å². The zero-order chi connectivity index (χ0) is 19.4. The first-order valence-electron chi connectivity index (χ1n) is 8.50. The van der Waals surface area contributed by atoms with Crippen LogP contribution in [0.1, 0.15) is 19.4 Å². The molecular formula is C20H18F2N2O2S. The summed E-state index contributed by atoms with van der Waals surface area (Å²) in [5.41, 5.74) is 0.765. The number of amidine groups is 1. The molecule has 0 spiro atoms. The number of benzene rings is 2. The molecule has 0 saturated carbocycles. The number of rotatable bonds is 5. The minimum absolute atomic E-state index is 0.0129. The standard InChI is InChI=1S/C20H18F2N2O2S/c1-3-24-19(25)18(11-13-7-5-6-8-17(13)26-4-2)27-20(24)23-16-10-9-14(21)12-15(16)22/h5-12H,3-4H2,1-2H3/b18-11+,23-20?. The lowest BCUT2D eigenvalue weighted by atomic mass is 10.2. The van der Waals surface area contributed by atoms with Crippen LogP contribution in [0.5, 0.6) is 5.75 Å². The van der Waals surface area contributed by atoms with Gasteiger partial charge in [0.25, 0.3) is 5.91 Å². The van der Waals surface area contributed by atoms with E-state index >= 15 is 0 Å². The SMILES string of the molecule is CCOc1ccccc1/C=C1/SC(=Nc2ccc(F)cc2F)N(CC)C1=O. The van der Waals surface area contributed by atoms with Gasteiger partial charge in [-0.25, -0.2) is 13.8 Å². The van der Waals surface area contributed by atoms with Gasteiger partial charge in [0.15, 0.2) is 11.0 Å². The summed E-state index contributed by atoms with van der Waals surface area (Å²) in [5.74, 6) is -0.980. The molecule has 2 aromatic rings. The summed E-state index contributed by atoms with van der Waals surface area (Å²) in [6, 6.07) is 10.6. The van der Waals surface area contributed by atoms with Crippen LogP contribution in [0.3, 0.4) is 0 Å². The third-order valence-corrected chi connectivity index (χ3v) is 4.84. The van der Waals surface area contributed by atoms with Crippen LogP contribution in [0.15, 0.2) is 52.4 Å². The molecule has 0 radical (unpaired) electrons. The van der Waals surface area contributed by atoms with E-state index in [1.165, 1.54) is 11.0 Å². The van der Waals surface area contributed by atoms with Gasteiger partial charge in [-0.15, -0.1) is 0 Å². The summed E-state index contributed by atoms with van der Waals surface area (Å²) in [5, 5.41) is 0.355. The van der Waals surface area contributed by atoms with Gasteiger partial charge in [-0.1, -0.05) is 18.2 Å². The van der Waals surface area contributed by atoms with Gasteiger partial charge >= 0.3 is 0 Å². The summed E-state index contributed by atoms with van der Waals surface area (Å²) in [6.45, 7) is 4.60. The Bertz CT molecular complexity index is 928. The van der Waals surface area contributed by atoms with Crippen LogP contribution in [-0.2, 0) is 4.79 Å². The van der Waals surface area contributed by atoms with E-state index in [-0.39, 0.29) is 11.6 Å². The Labute approximate surface area is 160 Å². The maximum Gasteiger partial charge on any atom is 0.266 e. The second kappa shape index (κ2) is 8.35. The quantitative estimate of drug-likeness (QED) is 0.678. The molecule has 1 amide bonds. The second-order valence-electron chi connectivity index (χ2n) is 5.62. The molecule has 0 N–H and O–H groups in total. The smallest absolute Gasteiger partial charge is 0.266 e. The predicted molar refractivity (Wildman–Crippen MR) is 104 cm³/mol. The lowest BCUT2D eigenvalue weighted by molar-refractivity contribution is -0.122. The monoisotopic (exact) mass is 388 g/mol. The van der Waals surface area contributed by atoms with Gasteiger partial charge in [0, 0.05) is 18.2 Å². The molecule has 0 atom stereocenters. The summed E-state index contributed by atoms with van der Waals surface area (Å²) in [4.78, 5) is 18.9. The first-order valence-corrected chi connectivity index (χ1v) is 9.32. The molecule has 1 aliphatic heterocycles. The van der Waals surface area contributed by atoms with Crippen LogP contribution < -0.4 is 4.74 Å². The molecule has 0 aliphatic carbocycles. The van der Waals surface area contributed by atoms with Crippen molar-refractivity contribution in [2.45, 2.75) is 13.8 Å². The van der Waals surface area contributed by atoms with E-state index in [0.717, 1.165) is 29.5 Å². The fraction of sp³-hybridized carbons (Fsp3) is 0.200. The molecule has 4 nitrogen and oxygen atoms in total. The van der Waals surface area contributed by atoms with E-state index in [1.807, 2.05) is 38.1 Å². The van der Waals surface area contributed by atoms with Crippen molar-refractivity contribution in [3.63, 3.8) is 0 Å². The predicted octanol–water partition coefficient (Wildman–Crippen LogP) is 4.99. The van der Waals surface area contributed by atoms with Crippen molar-refractivity contribution in [1.29, 1.82) is 0 Å². The van der Waals surface area contributed by atoms with Crippen molar-refractivity contribution in [3.05, 3.63) is 64.6 Å². The van der Waals surface area contributed by atoms with Crippen molar-refractivity contribution >= 4 is 34.6 Å². The van der Waals surface area contributed by atoms with E-state index in [9.17, 15) is 13.6 Å². The van der Waals surface area contributed by atoms with Crippen molar-refractivity contribution in [3.8, 4) is 5.75 Å². The highest BCUT2D eigenvalue weighted by molar-refractivity contribution is 8.18. The number of para-hydroxylation sites is 1. The van der Waals surface area contributed by atoms with E-state index in [0.29, 0.717) is 29.0 Å². The van der Waals surface area contributed by atoms with Crippen LogP contribution >= 0.6 is 11.8 Å². The Morgan fingerprint density at radius 1 is 1.19 bits per heavy atom. The number of hydrogen-bond acceptors (Lipinski definition) is 4. The van der Waals surface area contributed by atoms with Crippen molar-refractivity contribution < 1.29 is 18.3 Å². The maximum atomic E-state index is 13.9. The first kappa shape index (κ1) is 19.1. The zero-order valence-electron chi connectivity index (χ0n) is 14.9. The Hall–Kier alpha value is -2.67. The number of nitrogens with zero attached hydrogens (tertiary/aromatic N) is 2.